The van der Waals surface area contributed by atoms with Gasteiger partial charge in [0.1, 0.15) is 11.6 Å². The lowest BCUT2D eigenvalue weighted by atomic mass is 10.00. The smallest absolute Gasteiger partial charge is 0.217 e. The number of aliphatic hydroxyl groups excluding tert-OH is 1. The highest BCUT2D eigenvalue weighted by molar-refractivity contribution is 7.13. The Kier molecular flexibility index (Phi) is 7.10. The summed E-state index contributed by atoms with van der Waals surface area (Å²) in [6.45, 7) is 3.75. The second-order valence-corrected chi connectivity index (χ2v) is 9.69. The van der Waals surface area contributed by atoms with E-state index in [4.69, 9.17) is 0 Å². The molecular formula is C26H28F2N2O2S. The van der Waals surface area contributed by atoms with Crippen molar-refractivity contribution in [3.8, 4) is 10.4 Å². The molecule has 1 aliphatic carbocycles. The molecule has 7 heteroatoms. The number of aliphatic hydroxyl groups is 1. The van der Waals surface area contributed by atoms with Gasteiger partial charge in [-0.2, -0.15) is 0 Å². The Morgan fingerprint density at radius 2 is 1.91 bits per heavy atom. The lowest BCUT2D eigenvalue weighted by Crippen LogP contribution is -2.49. The maximum absolute atomic E-state index is 13.7. The molecule has 1 amide bonds. The summed E-state index contributed by atoms with van der Waals surface area (Å²) in [5.74, 6) is -1.66. The van der Waals surface area contributed by atoms with Gasteiger partial charge in [-0.25, -0.2) is 8.78 Å². The molecule has 4 nitrogen and oxygen atoms in total. The molecule has 0 saturated heterocycles. The highest BCUT2D eigenvalue weighted by Crippen LogP contribution is 2.35. The van der Waals surface area contributed by atoms with Gasteiger partial charge in [0, 0.05) is 36.1 Å². The fourth-order valence-electron chi connectivity index (χ4n) is 4.13. The van der Waals surface area contributed by atoms with Gasteiger partial charge < -0.3 is 15.3 Å². The van der Waals surface area contributed by atoms with Gasteiger partial charge >= 0.3 is 0 Å². The first-order chi connectivity index (χ1) is 15.8. The normalized spacial score (nSPS) is 15.2. The fourth-order valence-corrected chi connectivity index (χ4v) is 5.03. The van der Waals surface area contributed by atoms with E-state index in [0.29, 0.717) is 18.2 Å². The van der Waals surface area contributed by atoms with Crippen LogP contribution in [-0.2, 0) is 11.2 Å². The van der Waals surface area contributed by atoms with Crippen LogP contribution in [-0.4, -0.2) is 35.7 Å². The van der Waals surface area contributed by atoms with Crippen molar-refractivity contribution in [2.24, 2.45) is 0 Å². The molecule has 0 bridgehead atoms. The van der Waals surface area contributed by atoms with Crippen molar-refractivity contribution in [1.29, 1.82) is 0 Å². The van der Waals surface area contributed by atoms with Crippen LogP contribution in [0.4, 0.5) is 14.5 Å². The Morgan fingerprint density at radius 3 is 2.52 bits per heavy atom. The van der Waals surface area contributed by atoms with E-state index in [0.717, 1.165) is 30.2 Å². The molecule has 2 aromatic carbocycles. The van der Waals surface area contributed by atoms with Crippen molar-refractivity contribution in [2.45, 2.75) is 51.3 Å². The van der Waals surface area contributed by atoms with Crippen LogP contribution in [0, 0.1) is 18.6 Å². The average molecular weight is 471 g/mol. The number of amides is 1. The molecule has 0 radical (unpaired) electrons. The van der Waals surface area contributed by atoms with E-state index in [1.54, 1.807) is 11.3 Å². The Hall–Kier alpha value is -2.77. The number of nitrogens with zero attached hydrogens (tertiary/aromatic N) is 1. The second kappa shape index (κ2) is 10.0. The second-order valence-electron chi connectivity index (χ2n) is 8.78. The standard InChI is InChI=1S/C26H28F2N2O2S/c1-16-8-26(33-15-16)19-4-3-5-23(12-19)30(22-6-7-22)14-25(32)24(29-17(2)31)11-18-9-20(27)13-21(28)10-18/h3-5,8-10,12-13,15,22,24-25,32H,6-7,11,14H2,1-2H3,(H,29,31)/t24-,25+/m0/s1. The highest BCUT2D eigenvalue weighted by atomic mass is 32.1. The SMILES string of the molecule is CC(=O)N[C@@H](Cc1cc(F)cc(F)c1)[C@H](O)CN(c1cccc(-c2cc(C)cs2)c1)C1CC1. The summed E-state index contributed by atoms with van der Waals surface area (Å²) >= 11 is 1.70. The summed E-state index contributed by atoms with van der Waals surface area (Å²) in [5.41, 5.74) is 3.75. The van der Waals surface area contributed by atoms with Crippen molar-refractivity contribution < 1.29 is 18.7 Å². The zero-order chi connectivity index (χ0) is 23.5. The van der Waals surface area contributed by atoms with Crippen molar-refractivity contribution in [2.75, 3.05) is 11.4 Å². The zero-order valence-electron chi connectivity index (χ0n) is 18.7. The third-order valence-electron chi connectivity index (χ3n) is 5.80. The lowest BCUT2D eigenvalue weighted by Gasteiger charge is -2.32. The Balaban J connectivity index is 1.55. The molecule has 1 saturated carbocycles. The van der Waals surface area contributed by atoms with Crippen LogP contribution in [0.2, 0.25) is 0 Å². The number of aryl methyl sites for hydroxylation is 1. The van der Waals surface area contributed by atoms with Crippen LogP contribution in [0.3, 0.4) is 0 Å². The Morgan fingerprint density at radius 1 is 1.18 bits per heavy atom. The number of hydrogen-bond donors (Lipinski definition) is 2. The Labute approximate surface area is 196 Å². The Bertz CT molecular complexity index is 1110. The van der Waals surface area contributed by atoms with E-state index >= 15 is 0 Å². The first kappa shape index (κ1) is 23.4. The number of halogens is 2. The minimum Gasteiger partial charge on any atom is -0.389 e. The van der Waals surface area contributed by atoms with Gasteiger partial charge in [-0.1, -0.05) is 12.1 Å². The molecule has 2 atom stereocenters. The fraction of sp³-hybridized carbons (Fsp3) is 0.346. The largest absolute Gasteiger partial charge is 0.389 e. The molecule has 1 fully saturated rings. The number of carbonyl (C=O) groups excluding carboxylic acids is 1. The molecule has 0 aliphatic heterocycles. The van der Waals surface area contributed by atoms with E-state index in [-0.39, 0.29) is 12.3 Å². The van der Waals surface area contributed by atoms with Crippen LogP contribution in [0.25, 0.3) is 10.4 Å². The van der Waals surface area contributed by atoms with Crippen LogP contribution in [0.1, 0.15) is 30.9 Å². The summed E-state index contributed by atoms with van der Waals surface area (Å²) in [7, 11) is 0. The number of hydrogen-bond acceptors (Lipinski definition) is 4. The number of carbonyl (C=O) groups is 1. The molecule has 1 aromatic heterocycles. The summed E-state index contributed by atoms with van der Waals surface area (Å²) in [6.07, 6.45) is 1.28. The molecular weight excluding hydrogens is 442 g/mol. The molecule has 4 rings (SSSR count). The third-order valence-corrected chi connectivity index (χ3v) is 6.89. The van der Waals surface area contributed by atoms with Crippen LogP contribution in [0.5, 0.6) is 0 Å². The van der Waals surface area contributed by atoms with E-state index < -0.39 is 23.8 Å². The molecule has 2 N–H and O–H groups in total. The number of benzene rings is 2. The summed E-state index contributed by atoms with van der Waals surface area (Å²) < 4.78 is 27.3. The van der Waals surface area contributed by atoms with Crippen LogP contribution < -0.4 is 10.2 Å². The van der Waals surface area contributed by atoms with Crippen molar-refractivity contribution in [3.63, 3.8) is 0 Å². The summed E-state index contributed by atoms with van der Waals surface area (Å²) in [5, 5.41) is 16.0. The van der Waals surface area contributed by atoms with Crippen molar-refractivity contribution >= 4 is 22.9 Å². The molecule has 1 aliphatic rings. The van der Waals surface area contributed by atoms with Gasteiger partial charge in [-0.15, -0.1) is 11.3 Å². The average Bonchev–Trinajstić information content (AvgIpc) is 3.50. The van der Waals surface area contributed by atoms with Crippen LogP contribution in [0.15, 0.2) is 53.9 Å². The van der Waals surface area contributed by atoms with Gasteiger partial charge in [-0.3, -0.25) is 4.79 Å². The van der Waals surface area contributed by atoms with Crippen molar-refractivity contribution in [3.05, 3.63) is 76.7 Å². The number of thiophene rings is 1. The predicted molar refractivity (Wildman–Crippen MR) is 129 cm³/mol. The van der Waals surface area contributed by atoms with Gasteiger partial charge in [-0.05, 0) is 78.6 Å². The quantitative estimate of drug-likeness (QED) is 0.459. The van der Waals surface area contributed by atoms with Gasteiger partial charge in [0.25, 0.3) is 0 Å². The third kappa shape index (κ3) is 6.18. The van der Waals surface area contributed by atoms with Gasteiger partial charge in [0.15, 0.2) is 0 Å². The van der Waals surface area contributed by atoms with Crippen LogP contribution >= 0.6 is 11.3 Å². The maximum Gasteiger partial charge on any atom is 0.217 e. The topological polar surface area (TPSA) is 52.6 Å². The molecule has 174 valence electrons. The zero-order valence-corrected chi connectivity index (χ0v) is 19.5. The predicted octanol–water partition coefficient (Wildman–Crippen LogP) is 5.08. The summed E-state index contributed by atoms with van der Waals surface area (Å²) in [6, 6.07) is 13.3. The first-order valence-corrected chi connectivity index (χ1v) is 12.0. The van der Waals surface area contributed by atoms with Gasteiger partial charge in [0.05, 0.1) is 12.1 Å². The maximum atomic E-state index is 13.7. The van der Waals surface area contributed by atoms with Crippen molar-refractivity contribution in [1.82, 2.24) is 5.32 Å². The van der Waals surface area contributed by atoms with E-state index in [9.17, 15) is 18.7 Å². The summed E-state index contributed by atoms with van der Waals surface area (Å²) in [4.78, 5) is 15.2. The highest BCUT2D eigenvalue weighted by Gasteiger charge is 2.33. The van der Waals surface area contributed by atoms with Gasteiger partial charge in [0.2, 0.25) is 5.91 Å². The minimum absolute atomic E-state index is 0.127. The molecule has 0 spiro atoms. The molecule has 3 aromatic rings. The molecule has 0 unspecified atom stereocenters. The number of anilines is 1. The molecule has 1 heterocycles. The minimum atomic E-state index is -0.923. The number of nitrogens with one attached hydrogen (secondary N) is 1. The molecule has 33 heavy (non-hydrogen) atoms. The van der Waals surface area contributed by atoms with E-state index in [1.807, 2.05) is 12.1 Å². The van der Waals surface area contributed by atoms with E-state index in [2.05, 4.69) is 40.7 Å². The lowest BCUT2D eigenvalue weighted by molar-refractivity contribution is -0.120. The van der Waals surface area contributed by atoms with E-state index in [1.165, 1.54) is 29.5 Å². The first-order valence-electron chi connectivity index (χ1n) is 11.1. The number of rotatable bonds is 9. The monoisotopic (exact) mass is 470 g/mol.